The van der Waals surface area contributed by atoms with E-state index in [0.717, 1.165) is 72.2 Å². The molecular formula is C24H29N3O4. The van der Waals surface area contributed by atoms with Crippen LogP contribution in [0.2, 0.25) is 0 Å². The average Bonchev–Trinajstić information content (AvgIpc) is 3.27. The van der Waals surface area contributed by atoms with Crippen LogP contribution in [0.25, 0.3) is 0 Å². The fourth-order valence-electron chi connectivity index (χ4n) is 4.93. The van der Waals surface area contributed by atoms with Crippen LogP contribution in [0.15, 0.2) is 41.5 Å². The molecule has 164 valence electrons. The molecular weight excluding hydrogens is 394 g/mol. The smallest absolute Gasteiger partial charge is 0.200 e. The van der Waals surface area contributed by atoms with Crippen molar-refractivity contribution < 1.29 is 18.9 Å². The second-order valence-electron chi connectivity index (χ2n) is 8.41. The summed E-state index contributed by atoms with van der Waals surface area (Å²) in [4.78, 5) is 2.34. The van der Waals surface area contributed by atoms with Gasteiger partial charge in [0, 0.05) is 49.5 Å². The molecule has 1 atom stereocenters. The Morgan fingerprint density at radius 2 is 1.77 bits per heavy atom. The number of rotatable bonds is 4. The van der Waals surface area contributed by atoms with Crippen molar-refractivity contribution in [3.05, 3.63) is 47.5 Å². The number of ether oxygens (including phenoxy) is 4. The maximum absolute atomic E-state index is 6.74. The predicted molar refractivity (Wildman–Crippen MR) is 118 cm³/mol. The topological polar surface area (TPSA) is 55.8 Å². The molecule has 2 aromatic carbocycles. The number of hydrogen-bond acceptors (Lipinski definition) is 7. The molecule has 7 nitrogen and oxygen atoms in total. The van der Waals surface area contributed by atoms with Crippen LogP contribution in [0.5, 0.6) is 23.0 Å². The summed E-state index contributed by atoms with van der Waals surface area (Å²) in [5, 5.41) is 7.35. The quantitative estimate of drug-likeness (QED) is 0.748. The number of piperidine rings is 1. The van der Waals surface area contributed by atoms with E-state index in [4.69, 9.17) is 24.0 Å². The van der Waals surface area contributed by atoms with E-state index in [9.17, 15) is 0 Å². The zero-order chi connectivity index (χ0) is 21.6. The molecule has 1 spiro atoms. The SMILES string of the molecule is COc1ccc(C2=NN3[C@H](C2)c2cccc(OC)c2OC32CCN(C)CC2)c(OC)c1. The summed E-state index contributed by atoms with van der Waals surface area (Å²) in [6.07, 6.45) is 2.55. The van der Waals surface area contributed by atoms with E-state index in [1.807, 2.05) is 30.3 Å². The molecule has 0 radical (unpaired) electrons. The van der Waals surface area contributed by atoms with Gasteiger partial charge in [-0.05, 0) is 25.2 Å². The summed E-state index contributed by atoms with van der Waals surface area (Å²) in [5.74, 6) is 3.17. The summed E-state index contributed by atoms with van der Waals surface area (Å²) >= 11 is 0. The summed E-state index contributed by atoms with van der Waals surface area (Å²) < 4.78 is 23.4. The molecule has 7 heteroatoms. The van der Waals surface area contributed by atoms with Crippen LogP contribution in [0.4, 0.5) is 0 Å². The molecule has 0 aromatic heterocycles. The molecule has 1 fully saturated rings. The van der Waals surface area contributed by atoms with Gasteiger partial charge in [0.05, 0.1) is 33.1 Å². The molecule has 3 aliphatic heterocycles. The van der Waals surface area contributed by atoms with Gasteiger partial charge in [-0.25, -0.2) is 5.01 Å². The van der Waals surface area contributed by atoms with Gasteiger partial charge in [-0.3, -0.25) is 0 Å². The second-order valence-corrected chi connectivity index (χ2v) is 8.41. The average molecular weight is 424 g/mol. The van der Waals surface area contributed by atoms with E-state index < -0.39 is 5.72 Å². The van der Waals surface area contributed by atoms with E-state index in [2.05, 4.69) is 23.0 Å². The lowest BCUT2D eigenvalue weighted by Crippen LogP contribution is -2.58. The van der Waals surface area contributed by atoms with Crippen molar-refractivity contribution in [3.8, 4) is 23.0 Å². The minimum atomic E-state index is -0.472. The molecule has 0 saturated carbocycles. The van der Waals surface area contributed by atoms with Crippen LogP contribution < -0.4 is 18.9 Å². The minimum absolute atomic E-state index is 0.101. The van der Waals surface area contributed by atoms with Crippen molar-refractivity contribution in [2.45, 2.75) is 31.0 Å². The first kappa shape index (κ1) is 20.0. The molecule has 3 heterocycles. The van der Waals surface area contributed by atoms with Gasteiger partial charge in [0.15, 0.2) is 11.5 Å². The Morgan fingerprint density at radius 3 is 2.48 bits per heavy atom. The van der Waals surface area contributed by atoms with Crippen molar-refractivity contribution in [1.82, 2.24) is 9.91 Å². The molecule has 3 aliphatic rings. The third kappa shape index (κ3) is 3.19. The van der Waals surface area contributed by atoms with Gasteiger partial charge in [0.25, 0.3) is 0 Å². The van der Waals surface area contributed by atoms with E-state index in [1.165, 1.54) is 0 Å². The monoisotopic (exact) mass is 423 g/mol. The van der Waals surface area contributed by atoms with E-state index >= 15 is 0 Å². The zero-order valence-corrected chi connectivity index (χ0v) is 18.6. The van der Waals surface area contributed by atoms with Gasteiger partial charge < -0.3 is 23.8 Å². The fourth-order valence-corrected chi connectivity index (χ4v) is 4.93. The minimum Gasteiger partial charge on any atom is -0.497 e. The Morgan fingerprint density at radius 1 is 1.00 bits per heavy atom. The van der Waals surface area contributed by atoms with Gasteiger partial charge in [-0.15, -0.1) is 0 Å². The van der Waals surface area contributed by atoms with Gasteiger partial charge >= 0.3 is 0 Å². The Hall–Kier alpha value is -2.93. The van der Waals surface area contributed by atoms with Crippen LogP contribution in [-0.2, 0) is 0 Å². The zero-order valence-electron chi connectivity index (χ0n) is 18.6. The maximum Gasteiger partial charge on any atom is 0.200 e. The number of nitrogens with zero attached hydrogens (tertiary/aromatic N) is 3. The van der Waals surface area contributed by atoms with E-state index in [1.54, 1.807) is 21.3 Å². The lowest BCUT2D eigenvalue weighted by atomic mass is 9.90. The van der Waals surface area contributed by atoms with Crippen LogP contribution in [-0.4, -0.2) is 62.8 Å². The number of fused-ring (bicyclic) bond motifs is 4. The highest BCUT2D eigenvalue weighted by molar-refractivity contribution is 6.04. The standard InChI is InChI=1S/C24H29N3O4/c1-26-12-10-24(11-13-26)27-20(18-6-5-7-21(29-3)23(18)31-24)15-19(25-27)17-9-8-16(28-2)14-22(17)30-4/h5-9,14,20H,10-13,15H2,1-4H3/t20-/m1/s1. The first-order valence-electron chi connectivity index (χ1n) is 10.7. The molecule has 5 rings (SSSR count). The van der Waals surface area contributed by atoms with E-state index in [0.29, 0.717) is 0 Å². The largest absolute Gasteiger partial charge is 0.497 e. The van der Waals surface area contributed by atoms with Gasteiger partial charge in [0.1, 0.15) is 11.5 Å². The summed E-state index contributed by atoms with van der Waals surface area (Å²) in [6.45, 7) is 1.93. The molecule has 0 unspecified atom stereocenters. The van der Waals surface area contributed by atoms with E-state index in [-0.39, 0.29) is 6.04 Å². The molecule has 31 heavy (non-hydrogen) atoms. The molecule has 0 bridgehead atoms. The highest BCUT2D eigenvalue weighted by Crippen LogP contribution is 2.53. The lowest BCUT2D eigenvalue weighted by Gasteiger charge is -2.50. The van der Waals surface area contributed by atoms with Gasteiger partial charge in [-0.2, -0.15) is 5.10 Å². The van der Waals surface area contributed by atoms with Crippen LogP contribution in [0, 0.1) is 0 Å². The first-order valence-corrected chi connectivity index (χ1v) is 10.7. The molecule has 0 aliphatic carbocycles. The fraction of sp³-hybridized carbons (Fsp3) is 0.458. The predicted octanol–water partition coefficient (Wildman–Crippen LogP) is 3.68. The number of para-hydroxylation sites is 1. The second kappa shape index (κ2) is 7.64. The van der Waals surface area contributed by atoms with Crippen LogP contribution >= 0.6 is 0 Å². The van der Waals surface area contributed by atoms with Crippen molar-refractivity contribution in [2.24, 2.45) is 5.10 Å². The Kier molecular flexibility index (Phi) is 4.93. The summed E-state index contributed by atoms with van der Waals surface area (Å²) in [5.41, 5.74) is 2.64. The Bertz CT molecular complexity index is 1010. The number of likely N-dealkylation sites (tertiary alicyclic amines) is 1. The first-order chi connectivity index (χ1) is 15.1. The van der Waals surface area contributed by atoms with Crippen LogP contribution in [0.1, 0.15) is 36.4 Å². The van der Waals surface area contributed by atoms with Gasteiger partial charge in [-0.1, -0.05) is 12.1 Å². The molecule has 0 amide bonds. The van der Waals surface area contributed by atoms with Crippen molar-refractivity contribution >= 4 is 5.71 Å². The Labute approximate surface area is 183 Å². The normalized spacial score (nSPS) is 21.7. The number of benzene rings is 2. The highest BCUT2D eigenvalue weighted by atomic mass is 16.5. The molecule has 1 saturated heterocycles. The molecule has 2 aromatic rings. The van der Waals surface area contributed by atoms with Crippen molar-refractivity contribution in [1.29, 1.82) is 0 Å². The lowest BCUT2D eigenvalue weighted by molar-refractivity contribution is -0.148. The summed E-state index contributed by atoms with van der Waals surface area (Å²) in [7, 11) is 7.20. The third-order valence-electron chi connectivity index (χ3n) is 6.70. The third-order valence-corrected chi connectivity index (χ3v) is 6.70. The van der Waals surface area contributed by atoms with Crippen molar-refractivity contribution in [2.75, 3.05) is 41.5 Å². The molecule has 0 N–H and O–H groups in total. The number of hydrazone groups is 1. The number of methoxy groups -OCH3 is 3. The maximum atomic E-state index is 6.74. The van der Waals surface area contributed by atoms with Crippen LogP contribution in [0.3, 0.4) is 0 Å². The Balaban J connectivity index is 1.60. The number of hydrogen-bond donors (Lipinski definition) is 0. The van der Waals surface area contributed by atoms with Gasteiger partial charge in [0.2, 0.25) is 5.72 Å². The highest BCUT2D eigenvalue weighted by Gasteiger charge is 2.52. The summed E-state index contributed by atoms with van der Waals surface area (Å²) in [6, 6.07) is 12.1. The van der Waals surface area contributed by atoms with Crippen molar-refractivity contribution in [3.63, 3.8) is 0 Å².